The van der Waals surface area contributed by atoms with Crippen LogP contribution in [0.1, 0.15) is 72.6 Å². The minimum atomic E-state index is -1.83. The molecule has 0 saturated heterocycles. The van der Waals surface area contributed by atoms with E-state index in [-0.39, 0.29) is 24.4 Å². The Balaban J connectivity index is 1.67. The van der Waals surface area contributed by atoms with Crippen LogP contribution in [0.2, 0.25) is 0 Å². The number of aliphatic hydroxyl groups is 8. The van der Waals surface area contributed by atoms with Gasteiger partial charge in [0.2, 0.25) is 0 Å². The summed E-state index contributed by atoms with van der Waals surface area (Å²) in [5.74, 6) is -2.15. The van der Waals surface area contributed by atoms with E-state index >= 15 is 0 Å². The maximum absolute atomic E-state index is 12.3. The zero-order chi connectivity index (χ0) is 26.1. The Hall–Kier alpha value is -0.320. The Labute approximate surface area is 209 Å². The monoisotopic (exact) mass is 500 g/mol. The summed E-state index contributed by atoms with van der Waals surface area (Å²) in [6.45, 7) is 8.11. The van der Waals surface area contributed by atoms with Gasteiger partial charge in [0.1, 0.15) is 11.7 Å². The second-order valence-corrected chi connectivity index (χ2v) is 13.2. The van der Waals surface area contributed by atoms with Crippen LogP contribution in [0, 0.1) is 46.3 Å². The van der Waals surface area contributed by atoms with E-state index in [0.29, 0.717) is 25.7 Å². The fraction of sp³-hybridized carbons (Fsp3) is 1.00. The fourth-order valence-electron chi connectivity index (χ4n) is 9.61. The molecule has 0 aliphatic heterocycles. The molecule has 4 rings (SSSR count). The second kappa shape index (κ2) is 9.45. The van der Waals surface area contributed by atoms with Crippen molar-refractivity contribution in [3.05, 3.63) is 0 Å². The maximum atomic E-state index is 12.3. The molecule has 4 saturated carbocycles. The SMILES string of the molecule is C[C@@H](CO)CCC[C@@H](C)[C@H]1[C@@H](O)[C@@H](O)[C@@H]2[C@]1(C)CC[C@H]1[C@@]2(O)[C@H](O)[C@H](O)C2[C@@H](O)[C@@H](O)CC[C@@]21C. The quantitative estimate of drug-likeness (QED) is 0.260. The van der Waals surface area contributed by atoms with Crippen molar-refractivity contribution in [2.45, 2.75) is 115 Å². The van der Waals surface area contributed by atoms with Crippen LogP contribution in [-0.4, -0.2) is 89.7 Å². The van der Waals surface area contributed by atoms with Gasteiger partial charge in [-0.2, -0.15) is 0 Å². The van der Waals surface area contributed by atoms with Gasteiger partial charge in [0.05, 0.1) is 30.5 Å². The van der Waals surface area contributed by atoms with Crippen molar-refractivity contribution in [2.24, 2.45) is 46.3 Å². The molecule has 4 aliphatic rings. The molecule has 0 aromatic carbocycles. The van der Waals surface area contributed by atoms with E-state index in [1.165, 1.54) is 0 Å². The summed E-state index contributed by atoms with van der Waals surface area (Å²) in [6, 6.07) is 0. The predicted molar refractivity (Wildman–Crippen MR) is 129 cm³/mol. The van der Waals surface area contributed by atoms with Crippen molar-refractivity contribution in [3.8, 4) is 0 Å². The average molecular weight is 501 g/mol. The molecule has 8 heteroatoms. The molecule has 1 unspecified atom stereocenters. The number of rotatable bonds is 6. The molecular weight excluding hydrogens is 452 g/mol. The standard InChI is InChI=1S/C27H48O8/c1-13(12-28)6-5-7-14(2)17-20(31)22(33)23-26(17,4)11-9-16-25(3)10-8-15(29)19(30)18(25)21(32)24(34)27(16,23)35/h13-24,28-35H,5-12H2,1-4H3/t13-,14-,15+,16-,17+,18?,19+,20-,21-,22-,23-,24-,25-,26-,27+/m1/s1. The van der Waals surface area contributed by atoms with E-state index in [0.717, 1.165) is 19.3 Å². The average Bonchev–Trinajstić information content (AvgIpc) is 3.00. The van der Waals surface area contributed by atoms with Gasteiger partial charge in [-0.1, -0.05) is 40.5 Å². The first-order chi connectivity index (χ1) is 16.3. The lowest BCUT2D eigenvalue weighted by molar-refractivity contribution is -0.322. The molecular formula is C27H48O8. The van der Waals surface area contributed by atoms with Gasteiger partial charge in [-0.3, -0.25) is 0 Å². The van der Waals surface area contributed by atoms with Crippen LogP contribution in [0.25, 0.3) is 0 Å². The Morgan fingerprint density at radius 2 is 1.43 bits per heavy atom. The molecule has 0 radical (unpaired) electrons. The number of fused-ring (bicyclic) bond motifs is 5. The maximum Gasteiger partial charge on any atom is 0.110 e. The first-order valence-electron chi connectivity index (χ1n) is 13.7. The Morgan fingerprint density at radius 3 is 2.06 bits per heavy atom. The third-order valence-corrected chi connectivity index (χ3v) is 11.3. The smallest absolute Gasteiger partial charge is 0.110 e. The summed E-state index contributed by atoms with van der Waals surface area (Å²) in [4.78, 5) is 0. The molecule has 4 fully saturated rings. The van der Waals surface area contributed by atoms with E-state index in [1.807, 2.05) is 20.8 Å². The van der Waals surface area contributed by atoms with Crippen molar-refractivity contribution in [2.75, 3.05) is 6.61 Å². The van der Waals surface area contributed by atoms with E-state index in [9.17, 15) is 40.9 Å². The molecule has 204 valence electrons. The van der Waals surface area contributed by atoms with Gasteiger partial charge in [-0.15, -0.1) is 0 Å². The third-order valence-electron chi connectivity index (χ3n) is 11.3. The predicted octanol–water partition coefficient (Wildman–Crippen LogP) is 0.410. The molecule has 8 N–H and O–H groups in total. The lowest BCUT2D eigenvalue weighted by Crippen LogP contribution is -2.76. The van der Waals surface area contributed by atoms with Crippen LogP contribution in [0.4, 0.5) is 0 Å². The number of hydrogen-bond donors (Lipinski definition) is 8. The van der Waals surface area contributed by atoms with Crippen LogP contribution in [0.5, 0.6) is 0 Å². The minimum Gasteiger partial charge on any atom is -0.396 e. The summed E-state index contributed by atoms with van der Waals surface area (Å²) in [5.41, 5.74) is -3.22. The molecule has 4 aliphatic carbocycles. The highest BCUT2D eigenvalue weighted by atomic mass is 16.4. The molecule has 0 heterocycles. The molecule has 0 amide bonds. The van der Waals surface area contributed by atoms with Crippen molar-refractivity contribution in [1.82, 2.24) is 0 Å². The minimum absolute atomic E-state index is 0.0568. The molecule has 0 bridgehead atoms. The lowest BCUT2D eigenvalue weighted by atomic mass is 9.40. The molecule has 0 aromatic heterocycles. The normalized spacial score (nSPS) is 55.5. The van der Waals surface area contributed by atoms with E-state index in [4.69, 9.17) is 0 Å². The van der Waals surface area contributed by atoms with Gasteiger partial charge in [-0.05, 0) is 66.6 Å². The van der Waals surface area contributed by atoms with Gasteiger partial charge >= 0.3 is 0 Å². The summed E-state index contributed by atoms with van der Waals surface area (Å²) < 4.78 is 0. The summed E-state index contributed by atoms with van der Waals surface area (Å²) >= 11 is 0. The number of aliphatic hydroxyl groups excluding tert-OH is 7. The lowest BCUT2D eigenvalue weighted by Gasteiger charge is -2.67. The van der Waals surface area contributed by atoms with Crippen LogP contribution in [0.15, 0.2) is 0 Å². The van der Waals surface area contributed by atoms with Gasteiger partial charge < -0.3 is 40.9 Å². The van der Waals surface area contributed by atoms with E-state index < -0.39 is 70.8 Å². The van der Waals surface area contributed by atoms with E-state index in [1.54, 1.807) is 0 Å². The third kappa shape index (κ3) is 3.85. The Bertz CT molecular complexity index is 765. The van der Waals surface area contributed by atoms with Gasteiger partial charge in [0.25, 0.3) is 0 Å². The second-order valence-electron chi connectivity index (χ2n) is 13.2. The highest BCUT2D eigenvalue weighted by Gasteiger charge is 2.76. The molecule has 0 spiro atoms. The number of hydrogen-bond acceptors (Lipinski definition) is 8. The molecule has 8 nitrogen and oxygen atoms in total. The first-order valence-corrected chi connectivity index (χ1v) is 13.7. The zero-order valence-corrected chi connectivity index (χ0v) is 21.7. The zero-order valence-electron chi connectivity index (χ0n) is 21.7. The van der Waals surface area contributed by atoms with Crippen LogP contribution < -0.4 is 0 Å². The van der Waals surface area contributed by atoms with Crippen molar-refractivity contribution in [3.63, 3.8) is 0 Å². The van der Waals surface area contributed by atoms with Crippen LogP contribution >= 0.6 is 0 Å². The largest absolute Gasteiger partial charge is 0.396 e. The fourth-order valence-corrected chi connectivity index (χ4v) is 9.61. The summed E-state index contributed by atoms with van der Waals surface area (Å²) in [5, 5.41) is 88.0. The summed E-state index contributed by atoms with van der Waals surface area (Å²) in [7, 11) is 0. The van der Waals surface area contributed by atoms with Crippen molar-refractivity contribution in [1.29, 1.82) is 0 Å². The first kappa shape index (κ1) is 27.7. The van der Waals surface area contributed by atoms with Crippen LogP contribution in [-0.2, 0) is 0 Å². The van der Waals surface area contributed by atoms with Gasteiger partial charge in [0.15, 0.2) is 0 Å². The van der Waals surface area contributed by atoms with Crippen LogP contribution in [0.3, 0.4) is 0 Å². The molecule has 35 heavy (non-hydrogen) atoms. The van der Waals surface area contributed by atoms with Crippen molar-refractivity contribution < 1.29 is 40.9 Å². The Morgan fingerprint density at radius 1 is 0.800 bits per heavy atom. The topological polar surface area (TPSA) is 162 Å². The highest BCUT2D eigenvalue weighted by molar-refractivity contribution is 5.25. The molecule has 0 aromatic rings. The molecule has 15 atom stereocenters. The van der Waals surface area contributed by atoms with E-state index in [2.05, 4.69) is 6.92 Å². The van der Waals surface area contributed by atoms with Gasteiger partial charge in [0, 0.05) is 18.4 Å². The highest BCUT2D eigenvalue weighted by Crippen LogP contribution is 2.69. The summed E-state index contributed by atoms with van der Waals surface area (Å²) in [6.07, 6.45) is -3.02. The van der Waals surface area contributed by atoms with Gasteiger partial charge in [-0.25, -0.2) is 0 Å². The Kier molecular flexibility index (Phi) is 7.48. The van der Waals surface area contributed by atoms with Crippen molar-refractivity contribution >= 4 is 0 Å².